The van der Waals surface area contributed by atoms with Gasteiger partial charge >= 0.3 is 0 Å². The molecule has 4 N–H and O–H groups in total. The van der Waals surface area contributed by atoms with Crippen LogP contribution in [0.2, 0.25) is 0 Å². The van der Waals surface area contributed by atoms with Crippen molar-refractivity contribution >= 4 is 16.7 Å². The smallest absolute Gasteiger partial charge is 0.229 e. The predicted octanol–water partition coefficient (Wildman–Crippen LogP) is 3.24. The predicted molar refractivity (Wildman–Crippen MR) is 141 cm³/mol. The first kappa shape index (κ1) is 26.3. The van der Waals surface area contributed by atoms with Crippen LogP contribution in [-0.4, -0.2) is 70.5 Å². The highest BCUT2D eigenvalue weighted by molar-refractivity contribution is 5.88. The van der Waals surface area contributed by atoms with Crippen LogP contribution in [-0.2, 0) is 26.1 Å². The fraction of sp³-hybridized carbons (Fsp3) is 0.700. The molecule has 9 atom stereocenters. The first-order valence-electron chi connectivity index (χ1n) is 14.0. The van der Waals surface area contributed by atoms with Gasteiger partial charge in [-0.05, 0) is 60.6 Å². The Labute approximate surface area is 223 Å². The van der Waals surface area contributed by atoms with Crippen LogP contribution in [0.25, 0.3) is 10.9 Å². The van der Waals surface area contributed by atoms with E-state index in [4.69, 9.17) is 14.2 Å². The molecular formula is C30H41NO7. The second-order valence-corrected chi connectivity index (χ2v) is 13.0. The van der Waals surface area contributed by atoms with Crippen LogP contribution in [0.3, 0.4) is 0 Å². The number of ether oxygens (including phenoxy) is 3. The van der Waals surface area contributed by atoms with E-state index in [0.29, 0.717) is 29.8 Å². The number of carbonyl (C=O) groups is 1. The molecular weight excluding hydrogens is 486 g/mol. The number of aromatic amines is 1. The molecule has 2 saturated carbocycles. The first-order chi connectivity index (χ1) is 18.0. The van der Waals surface area contributed by atoms with Crippen molar-refractivity contribution in [1.29, 1.82) is 0 Å². The number of aromatic nitrogens is 1. The third-order valence-electron chi connectivity index (χ3n) is 11.2. The fourth-order valence-corrected chi connectivity index (χ4v) is 8.87. The Kier molecular flexibility index (Phi) is 6.06. The van der Waals surface area contributed by atoms with Crippen LogP contribution in [0.1, 0.15) is 64.6 Å². The second kappa shape index (κ2) is 8.77. The fourth-order valence-electron chi connectivity index (χ4n) is 8.87. The normalized spacial score (nSPS) is 42.0. The number of hydrogen-bond acceptors (Lipinski definition) is 7. The van der Waals surface area contributed by atoms with Crippen molar-refractivity contribution in [2.24, 2.45) is 22.7 Å². The zero-order chi connectivity index (χ0) is 27.2. The SMILES string of the molecule is CO[C@H]1[C@H](O)[C@@H](O)[C@@H](Oc2ccc3c4c([nH]c3c2)[C@]2(C)[C@H](CC[C@@H]3C(C)(C)C(=O)CC[C@]32C)C4)O[C@@H]1CO. The lowest BCUT2D eigenvalue weighted by Gasteiger charge is -2.62. The molecule has 0 bridgehead atoms. The Bertz CT molecular complexity index is 1250. The Morgan fingerprint density at radius 1 is 1.13 bits per heavy atom. The number of rotatable bonds is 4. The van der Waals surface area contributed by atoms with Crippen molar-refractivity contribution < 1.29 is 34.3 Å². The van der Waals surface area contributed by atoms with E-state index in [1.807, 2.05) is 12.1 Å². The lowest BCUT2D eigenvalue weighted by atomic mass is 9.41. The zero-order valence-electron chi connectivity index (χ0n) is 23.0. The maximum Gasteiger partial charge on any atom is 0.229 e. The van der Waals surface area contributed by atoms with Crippen molar-refractivity contribution in [3.8, 4) is 5.75 Å². The summed E-state index contributed by atoms with van der Waals surface area (Å²) in [6.07, 6.45) is -0.570. The summed E-state index contributed by atoms with van der Waals surface area (Å²) >= 11 is 0. The molecule has 1 aromatic heterocycles. The summed E-state index contributed by atoms with van der Waals surface area (Å²) in [4.78, 5) is 16.7. The Morgan fingerprint density at radius 2 is 1.89 bits per heavy atom. The molecule has 8 heteroatoms. The summed E-state index contributed by atoms with van der Waals surface area (Å²) in [5.41, 5.74) is 3.27. The highest BCUT2D eigenvalue weighted by Crippen LogP contribution is 2.68. The summed E-state index contributed by atoms with van der Waals surface area (Å²) in [6, 6.07) is 5.84. The molecule has 38 heavy (non-hydrogen) atoms. The molecule has 0 spiro atoms. The molecule has 0 radical (unpaired) electrons. The number of aliphatic hydroxyl groups excluding tert-OH is 3. The lowest BCUT2D eigenvalue weighted by molar-refractivity contribution is -0.281. The Balaban J connectivity index is 1.33. The quantitative estimate of drug-likeness (QED) is 0.482. The minimum atomic E-state index is -1.33. The van der Waals surface area contributed by atoms with Crippen LogP contribution in [0.5, 0.6) is 5.75 Å². The molecule has 1 aromatic carbocycles. The minimum Gasteiger partial charge on any atom is -0.462 e. The van der Waals surface area contributed by atoms with E-state index in [9.17, 15) is 20.1 Å². The standard InChI is InChI=1S/C30H41NO7/c1-28(2)21-9-6-15-12-18-17-8-7-16(37-27-24(35)23(34)25(36-5)20(14-32)38-27)13-19(17)31-26(18)30(15,4)29(21,3)11-10-22(28)33/h7-8,13,15,20-21,23-25,27,31-32,34-35H,6,9-12,14H2,1-5H3/t15-,20-,21-,23-,24-,25-,27+,29-,30+/m1/s1. The first-order valence-corrected chi connectivity index (χ1v) is 14.0. The van der Waals surface area contributed by atoms with E-state index in [-0.39, 0.29) is 22.9 Å². The number of hydrogen-bond donors (Lipinski definition) is 4. The van der Waals surface area contributed by atoms with Crippen LogP contribution < -0.4 is 4.74 Å². The van der Waals surface area contributed by atoms with Crippen molar-refractivity contribution in [3.63, 3.8) is 0 Å². The number of Topliss-reactive ketones (excluding diaryl/α,β-unsaturated/α-hetero) is 1. The van der Waals surface area contributed by atoms with Crippen LogP contribution in [0.4, 0.5) is 0 Å². The molecule has 208 valence electrons. The number of fused-ring (bicyclic) bond motifs is 7. The monoisotopic (exact) mass is 527 g/mol. The maximum absolute atomic E-state index is 12.9. The Hall–Kier alpha value is -1.97. The van der Waals surface area contributed by atoms with Gasteiger partial charge in [0.05, 0.1) is 6.61 Å². The summed E-state index contributed by atoms with van der Waals surface area (Å²) in [5, 5.41) is 31.9. The van der Waals surface area contributed by atoms with Gasteiger partial charge < -0.3 is 34.5 Å². The molecule has 3 fully saturated rings. The molecule has 2 heterocycles. The summed E-state index contributed by atoms with van der Waals surface area (Å²) in [5.74, 6) is 1.79. The number of aliphatic hydroxyl groups is 3. The third-order valence-corrected chi connectivity index (χ3v) is 11.2. The van der Waals surface area contributed by atoms with E-state index >= 15 is 0 Å². The van der Waals surface area contributed by atoms with Gasteiger partial charge in [-0.25, -0.2) is 0 Å². The van der Waals surface area contributed by atoms with Crippen LogP contribution >= 0.6 is 0 Å². The average Bonchev–Trinajstić information content (AvgIpc) is 3.39. The number of nitrogens with one attached hydrogen (secondary N) is 1. The van der Waals surface area contributed by atoms with Crippen LogP contribution in [0.15, 0.2) is 18.2 Å². The lowest BCUT2D eigenvalue weighted by Crippen LogP contribution is -2.60. The zero-order valence-corrected chi connectivity index (χ0v) is 23.0. The molecule has 0 unspecified atom stereocenters. The van der Waals surface area contributed by atoms with E-state index < -0.39 is 30.7 Å². The van der Waals surface area contributed by atoms with E-state index in [0.717, 1.165) is 31.2 Å². The van der Waals surface area contributed by atoms with Gasteiger partial charge in [0.2, 0.25) is 6.29 Å². The van der Waals surface area contributed by atoms with Gasteiger partial charge in [-0.1, -0.05) is 27.7 Å². The van der Waals surface area contributed by atoms with Gasteiger partial charge in [-0.2, -0.15) is 0 Å². The van der Waals surface area contributed by atoms with E-state index in [1.54, 1.807) is 0 Å². The number of methoxy groups -OCH3 is 1. The molecule has 1 saturated heterocycles. The van der Waals surface area contributed by atoms with Crippen molar-refractivity contribution in [2.45, 2.75) is 95.9 Å². The highest BCUT2D eigenvalue weighted by atomic mass is 16.7. The van der Waals surface area contributed by atoms with Gasteiger partial charge in [0, 0.05) is 47.0 Å². The van der Waals surface area contributed by atoms with Crippen molar-refractivity contribution in [3.05, 3.63) is 29.5 Å². The highest BCUT2D eigenvalue weighted by Gasteiger charge is 2.65. The minimum absolute atomic E-state index is 0.0200. The van der Waals surface area contributed by atoms with E-state index in [1.165, 1.54) is 23.8 Å². The third kappa shape index (κ3) is 3.37. The number of benzene rings is 1. The molecule has 3 aliphatic carbocycles. The molecule has 4 aliphatic rings. The van der Waals surface area contributed by atoms with Crippen molar-refractivity contribution in [2.75, 3.05) is 13.7 Å². The van der Waals surface area contributed by atoms with Crippen molar-refractivity contribution in [1.82, 2.24) is 4.98 Å². The van der Waals surface area contributed by atoms with Crippen LogP contribution in [0, 0.1) is 22.7 Å². The van der Waals surface area contributed by atoms with Gasteiger partial charge in [-0.3, -0.25) is 4.79 Å². The molecule has 0 amide bonds. The average molecular weight is 528 g/mol. The summed E-state index contributed by atoms with van der Waals surface area (Å²) < 4.78 is 16.9. The molecule has 6 rings (SSSR count). The molecule has 8 nitrogen and oxygen atoms in total. The number of ketones is 1. The number of carbonyl (C=O) groups excluding carboxylic acids is 1. The second-order valence-electron chi connectivity index (χ2n) is 13.0. The maximum atomic E-state index is 12.9. The topological polar surface area (TPSA) is 121 Å². The number of H-pyrrole nitrogens is 1. The van der Waals surface area contributed by atoms with Gasteiger partial charge in [-0.15, -0.1) is 0 Å². The largest absolute Gasteiger partial charge is 0.462 e. The molecule has 2 aromatic rings. The Morgan fingerprint density at radius 3 is 2.61 bits per heavy atom. The summed E-state index contributed by atoms with van der Waals surface area (Å²) in [6.45, 7) is 8.78. The van der Waals surface area contributed by atoms with Gasteiger partial charge in [0.1, 0.15) is 35.9 Å². The van der Waals surface area contributed by atoms with Gasteiger partial charge in [0.15, 0.2) is 0 Å². The van der Waals surface area contributed by atoms with Gasteiger partial charge in [0.25, 0.3) is 0 Å². The molecule has 1 aliphatic heterocycles. The summed E-state index contributed by atoms with van der Waals surface area (Å²) in [7, 11) is 1.40. The van der Waals surface area contributed by atoms with E-state index in [2.05, 4.69) is 38.7 Å².